The SMILES string of the molecule is C1CO1.C=Cc1ccccc1.Oc1ccccc1. The van der Waals surface area contributed by atoms with Crippen LogP contribution in [0.4, 0.5) is 0 Å². The highest BCUT2D eigenvalue weighted by molar-refractivity contribution is 5.45. The fourth-order valence-corrected chi connectivity index (χ4v) is 1.02. The topological polar surface area (TPSA) is 32.8 Å². The molecule has 0 unspecified atom stereocenters. The van der Waals surface area contributed by atoms with Crippen molar-refractivity contribution in [3.05, 3.63) is 72.8 Å². The number of para-hydroxylation sites is 1. The Morgan fingerprint density at radius 3 is 1.56 bits per heavy atom. The fraction of sp³-hybridized carbons (Fsp3) is 0.125. The summed E-state index contributed by atoms with van der Waals surface area (Å²) in [6.45, 7) is 5.63. The van der Waals surface area contributed by atoms with Gasteiger partial charge in [0.25, 0.3) is 0 Å². The predicted octanol–water partition coefficient (Wildman–Crippen LogP) is 3.74. The highest BCUT2D eigenvalue weighted by Gasteiger charge is 1.94. The van der Waals surface area contributed by atoms with Gasteiger partial charge in [-0.3, -0.25) is 0 Å². The molecule has 94 valence electrons. The fourth-order valence-electron chi connectivity index (χ4n) is 1.02. The maximum atomic E-state index is 8.63. The van der Waals surface area contributed by atoms with Crippen molar-refractivity contribution in [2.75, 3.05) is 13.2 Å². The lowest BCUT2D eigenvalue weighted by atomic mass is 10.2. The summed E-state index contributed by atoms with van der Waals surface area (Å²) in [6.07, 6.45) is 1.83. The molecule has 2 heteroatoms. The van der Waals surface area contributed by atoms with Gasteiger partial charge in [0.05, 0.1) is 13.2 Å². The summed E-state index contributed by atoms with van der Waals surface area (Å²) in [5, 5.41) is 8.63. The van der Waals surface area contributed by atoms with Crippen molar-refractivity contribution in [3.63, 3.8) is 0 Å². The molecule has 0 amide bonds. The number of benzene rings is 2. The number of hydrogen-bond acceptors (Lipinski definition) is 2. The van der Waals surface area contributed by atoms with E-state index in [1.165, 1.54) is 5.56 Å². The Balaban J connectivity index is 0.000000147. The van der Waals surface area contributed by atoms with Crippen LogP contribution >= 0.6 is 0 Å². The van der Waals surface area contributed by atoms with Gasteiger partial charge in [0.15, 0.2) is 0 Å². The summed E-state index contributed by atoms with van der Waals surface area (Å²) < 4.78 is 4.50. The minimum absolute atomic E-state index is 0.322. The molecular weight excluding hydrogens is 224 g/mol. The number of aromatic hydroxyl groups is 1. The molecule has 2 aromatic carbocycles. The summed E-state index contributed by atoms with van der Waals surface area (Å²) in [6, 6.07) is 18.7. The molecule has 1 saturated heterocycles. The maximum Gasteiger partial charge on any atom is 0.115 e. The molecule has 0 bridgehead atoms. The van der Waals surface area contributed by atoms with E-state index in [1.54, 1.807) is 24.3 Å². The van der Waals surface area contributed by atoms with Crippen molar-refractivity contribution in [1.82, 2.24) is 0 Å². The lowest BCUT2D eigenvalue weighted by Crippen LogP contribution is -1.63. The zero-order valence-electron chi connectivity index (χ0n) is 10.3. The van der Waals surface area contributed by atoms with Crippen LogP contribution in [-0.2, 0) is 4.74 Å². The molecule has 1 N–H and O–H groups in total. The van der Waals surface area contributed by atoms with Crippen LogP contribution in [0.3, 0.4) is 0 Å². The van der Waals surface area contributed by atoms with Crippen LogP contribution in [0.5, 0.6) is 5.75 Å². The minimum Gasteiger partial charge on any atom is -0.508 e. The summed E-state index contributed by atoms with van der Waals surface area (Å²) in [7, 11) is 0. The summed E-state index contributed by atoms with van der Waals surface area (Å²) >= 11 is 0. The second-order valence-corrected chi connectivity index (χ2v) is 3.56. The average Bonchev–Trinajstić information content (AvgIpc) is 3.29. The smallest absolute Gasteiger partial charge is 0.115 e. The Morgan fingerprint density at radius 1 is 0.889 bits per heavy atom. The van der Waals surface area contributed by atoms with E-state index in [0.29, 0.717) is 5.75 Å². The van der Waals surface area contributed by atoms with E-state index in [0.717, 1.165) is 13.2 Å². The second-order valence-electron chi connectivity index (χ2n) is 3.56. The van der Waals surface area contributed by atoms with Gasteiger partial charge in [-0.2, -0.15) is 0 Å². The zero-order valence-corrected chi connectivity index (χ0v) is 10.3. The number of rotatable bonds is 1. The van der Waals surface area contributed by atoms with E-state index >= 15 is 0 Å². The van der Waals surface area contributed by atoms with E-state index in [9.17, 15) is 0 Å². The first kappa shape index (κ1) is 14.0. The van der Waals surface area contributed by atoms with Gasteiger partial charge in [0.1, 0.15) is 5.75 Å². The van der Waals surface area contributed by atoms with Crippen molar-refractivity contribution in [3.8, 4) is 5.75 Å². The first-order chi connectivity index (χ1) is 8.83. The lowest BCUT2D eigenvalue weighted by Gasteiger charge is -1.85. The third kappa shape index (κ3) is 8.13. The van der Waals surface area contributed by atoms with E-state index in [-0.39, 0.29) is 0 Å². The van der Waals surface area contributed by atoms with E-state index < -0.39 is 0 Å². The second kappa shape index (κ2) is 9.02. The molecule has 0 spiro atoms. The Hall–Kier alpha value is -2.06. The first-order valence-corrected chi connectivity index (χ1v) is 5.82. The summed E-state index contributed by atoms with van der Waals surface area (Å²) in [5.41, 5.74) is 1.17. The molecular formula is C16H18O2. The Labute approximate surface area is 108 Å². The molecule has 2 aromatic rings. The summed E-state index contributed by atoms with van der Waals surface area (Å²) in [5.74, 6) is 0.322. The quantitative estimate of drug-likeness (QED) is 0.773. The van der Waals surface area contributed by atoms with Gasteiger partial charge in [-0.15, -0.1) is 0 Å². The average molecular weight is 242 g/mol. The normalized spacial score (nSPS) is 11.1. The largest absolute Gasteiger partial charge is 0.508 e. The molecule has 1 fully saturated rings. The molecule has 1 aliphatic heterocycles. The number of phenolic OH excluding ortho intramolecular Hbond substituents is 1. The Morgan fingerprint density at radius 2 is 1.33 bits per heavy atom. The predicted molar refractivity (Wildman–Crippen MR) is 75.5 cm³/mol. The van der Waals surface area contributed by atoms with E-state index in [4.69, 9.17) is 5.11 Å². The highest BCUT2D eigenvalue weighted by Crippen LogP contribution is 2.02. The van der Waals surface area contributed by atoms with E-state index in [2.05, 4.69) is 11.3 Å². The van der Waals surface area contributed by atoms with Crippen LogP contribution in [0.1, 0.15) is 5.56 Å². The number of phenols is 1. The van der Waals surface area contributed by atoms with Gasteiger partial charge in [-0.05, 0) is 17.7 Å². The molecule has 0 aromatic heterocycles. The van der Waals surface area contributed by atoms with Gasteiger partial charge in [-0.25, -0.2) is 0 Å². The molecule has 0 aliphatic carbocycles. The molecule has 0 radical (unpaired) electrons. The van der Waals surface area contributed by atoms with Crippen LogP contribution in [0.25, 0.3) is 6.08 Å². The monoisotopic (exact) mass is 242 g/mol. The van der Waals surface area contributed by atoms with Crippen molar-refractivity contribution in [1.29, 1.82) is 0 Å². The van der Waals surface area contributed by atoms with Gasteiger partial charge >= 0.3 is 0 Å². The third-order valence-corrected chi connectivity index (χ3v) is 2.00. The lowest BCUT2D eigenvalue weighted by molar-refractivity contribution is 0.475. The van der Waals surface area contributed by atoms with Crippen LogP contribution in [0, 0.1) is 0 Å². The molecule has 18 heavy (non-hydrogen) atoms. The Bertz CT molecular complexity index is 419. The molecule has 2 nitrogen and oxygen atoms in total. The van der Waals surface area contributed by atoms with Crippen molar-refractivity contribution in [2.24, 2.45) is 0 Å². The van der Waals surface area contributed by atoms with Gasteiger partial charge in [0, 0.05) is 0 Å². The number of ether oxygens (including phenoxy) is 1. The van der Waals surface area contributed by atoms with Crippen molar-refractivity contribution in [2.45, 2.75) is 0 Å². The van der Waals surface area contributed by atoms with Crippen LogP contribution in [-0.4, -0.2) is 18.3 Å². The van der Waals surface area contributed by atoms with Gasteiger partial charge in [-0.1, -0.05) is 61.2 Å². The number of epoxide rings is 1. The van der Waals surface area contributed by atoms with Crippen LogP contribution in [0.15, 0.2) is 67.2 Å². The molecule has 3 rings (SSSR count). The van der Waals surface area contributed by atoms with Crippen LogP contribution < -0.4 is 0 Å². The molecule has 1 heterocycles. The molecule has 0 atom stereocenters. The van der Waals surface area contributed by atoms with Crippen molar-refractivity contribution >= 4 is 6.08 Å². The van der Waals surface area contributed by atoms with Crippen molar-refractivity contribution < 1.29 is 9.84 Å². The standard InChI is InChI=1S/C8H8.C6H6O.C2H4O/c1-2-8-6-4-3-5-7-8;7-6-4-2-1-3-5-6;1-2-3-1/h2-7H,1H2;1-5,7H;1-2H2. The zero-order chi connectivity index (χ0) is 13.1. The van der Waals surface area contributed by atoms with Crippen LogP contribution in [0.2, 0.25) is 0 Å². The number of hydrogen-bond donors (Lipinski definition) is 1. The minimum atomic E-state index is 0.322. The molecule has 0 saturated carbocycles. The highest BCUT2D eigenvalue weighted by atomic mass is 16.6. The van der Waals surface area contributed by atoms with E-state index in [1.807, 2.05) is 42.5 Å². The molecule has 1 aliphatic rings. The third-order valence-electron chi connectivity index (χ3n) is 2.00. The Kier molecular flexibility index (Phi) is 7.02. The summed E-state index contributed by atoms with van der Waals surface area (Å²) in [4.78, 5) is 0. The maximum absolute atomic E-state index is 8.63. The first-order valence-electron chi connectivity index (χ1n) is 5.82. The van der Waals surface area contributed by atoms with Gasteiger partial charge < -0.3 is 9.84 Å². The van der Waals surface area contributed by atoms with Gasteiger partial charge in [0.2, 0.25) is 0 Å².